The normalized spacial score (nSPS) is 11.5. The summed E-state index contributed by atoms with van der Waals surface area (Å²) in [6.45, 7) is 4.92. The summed E-state index contributed by atoms with van der Waals surface area (Å²) in [4.78, 5) is 12.5. The van der Waals surface area contributed by atoms with Gasteiger partial charge >= 0.3 is 0 Å². The number of anilines is 1. The van der Waals surface area contributed by atoms with Crippen LogP contribution in [0.25, 0.3) is 10.4 Å². The van der Waals surface area contributed by atoms with Gasteiger partial charge in [0.2, 0.25) is 5.88 Å². The Kier molecular flexibility index (Phi) is 4.49. The Morgan fingerprint density at radius 1 is 1.20 bits per heavy atom. The zero-order chi connectivity index (χ0) is 18.2. The van der Waals surface area contributed by atoms with Crippen LogP contribution in [0.4, 0.5) is 5.88 Å². The molecule has 0 spiro atoms. The molecule has 8 heteroatoms. The lowest BCUT2D eigenvalue weighted by Gasteiger charge is -2.09. The predicted molar refractivity (Wildman–Crippen MR) is 96.5 cm³/mol. The molecule has 0 unspecified atom stereocenters. The molecule has 0 amide bonds. The van der Waals surface area contributed by atoms with Crippen molar-refractivity contribution in [1.29, 1.82) is 0 Å². The van der Waals surface area contributed by atoms with Gasteiger partial charge in [-0.25, -0.2) is 13.1 Å². The summed E-state index contributed by atoms with van der Waals surface area (Å²) < 4.78 is 33.1. The first kappa shape index (κ1) is 17.4. The quantitative estimate of drug-likeness (QED) is 0.679. The van der Waals surface area contributed by atoms with Crippen LogP contribution in [0, 0.1) is 13.8 Å². The molecule has 0 fully saturated rings. The lowest BCUT2D eigenvalue weighted by Crippen LogP contribution is -2.13. The maximum Gasteiger partial charge on any atom is 0.265 e. The average Bonchev–Trinajstić information content (AvgIpc) is 3.18. The number of ketones is 1. The molecular formula is C17H16N2O4S2. The van der Waals surface area contributed by atoms with Crippen LogP contribution in [0.15, 0.2) is 45.1 Å². The van der Waals surface area contributed by atoms with Crippen LogP contribution in [0.1, 0.15) is 28.5 Å². The van der Waals surface area contributed by atoms with Crippen molar-refractivity contribution in [3.05, 3.63) is 52.5 Å². The predicted octanol–water partition coefficient (Wildman–Crippen LogP) is 4.02. The van der Waals surface area contributed by atoms with E-state index in [2.05, 4.69) is 9.88 Å². The number of thiophene rings is 1. The molecule has 0 atom stereocenters. The van der Waals surface area contributed by atoms with Crippen molar-refractivity contribution in [3.8, 4) is 10.4 Å². The summed E-state index contributed by atoms with van der Waals surface area (Å²) in [5.41, 5.74) is 2.32. The number of nitrogens with zero attached hydrogens (tertiary/aromatic N) is 1. The van der Waals surface area contributed by atoms with Crippen molar-refractivity contribution in [2.75, 3.05) is 4.72 Å². The number of aromatic nitrogens is 1. The zero-order valence-corrected chi connectivity index (χ0v) is 15.5. The fourth-order valence-corrected chi connectivity index (χ4v) is 4.92. The number of hydrogen-bond donors (Lipinski definition) is 1. The Morgan fingerprint density at radius 2 is 1.92 bits per heavy atom. The molecule has 1 N–H and O–H groups in total. The lowest BCUT2D eigenvalue weighted by molar-refractivity contribution is 0.101. The maximum atomic E-state index is 12.8. The van der Waals surface area contributed by atoms with Gasteiger partial charge in [0.25, 0.3) is 10.0 Å². The molecule has 1 aromatic carbocycles. The van der Waals surface area contributed by atoms with E-state index in [-0.39, 0.29) is 16.6 Å². The molecular weight excluding hydrogens is 360 g/mol. The number of nitrogens with one attached hydrogen (secondary N) is 1. The van der Waals surface area contributed by atoms with E-state index in [1.807, 2.05) is 0 Å². The summed E-state index contributed by atoms with van der Waals surface area (Å²) in [5.74, 6) is -0.0310. The Labute approximate surface area is 149 Å². The summed E-state index contributed by atoms with van der Waals surface area (Å²) >= 11 is 1.26. The Bertz CT molecular complexity index is 1050. The third kappa shape index (κ3) is 3.22. The Morgan fingerprint density at radius 3 is 2.56 bits per heavy atom. The smallest absolute Gasteiger partial charge is 0.265 e. The first-order chi connectivity index (χ1) is 11.8. The summed E-state index contributed by atoms with van der Waals surface area (Å²) in [5, 5.41) is 5.44. The number of rotatable bonds is 5. The van der Waals surface area contributed by atoms with Crippen LogP contribution in [0.3, 0.4) is 0 Å². The first-order valence-corrected chi connectivity index (χ1v) is 9.81. The van der Waals surface area contributed by atoms with Gasteiger partial charge in [0.05, 0.1) is 10.6 Å². The van der Waals surface area contributed by atoms with Gasteiger partial charge in [-0.3, -0.25) is 4.79 Å². The van der Waals surface area contributed by atoms with Crippen molar-refractivity contribution in [3.63, 3.8) is 0 Å². The van der Waals surface area contributed by atoms with Crippen LogP contribution in [-0.2, 0) is 10.0 Å². The van der Waals surface area contributed by atoms with E-state index in [1.54, 1.807) is 43.5 Å². The second kappa shape index (κ2) is 6.45. The van der Waals surface area contributed by atoms with Gasteiger partial charge in [-0.15, -0.1) is 11.3 Å². The third-order valence-electron chi connectivity index (χ3n) is 3.85. The second-order valence-corrected chi connectivity index (χ2v) is 8.11. The molecule has 0 radical (unpaired) electrons. The van der Waals surface area contributed by atoms with Crippen molar-refractivity contribution in [2.24, 2.45) is 0 Å². The molecule has 2 aromatic heterocycles. The van der Waals surface area contributed by atoms with Gasteiger partial charge in [0, 0.05) is 16.7 Å². The van der Waals surface area contributed by atoms with E-state index in [0.717, 1.165) is 0 Å². The van der Waals surface area contributed by atoms with Gasteiger partial charge in [0.15, 0.2) is 5.78 Å². The molecule has 3 rings (SSSR count). The third-order valence-corrected chi connectivity index (χ3v) is 6.30. The fourth-order valence-electron chi connectivity index (χ4n) is 2.38. The van der Waals surface area contributed by atoms with Gasteiger partial charge in [-0.1, -0.05) is 29.4 Å². The van der Waals surface area contributed by atoms with Crippen molar-refractivity contribution in [2.45, 2.75) is 25.7 Å². The highest BCUT2D eigenvalue weighted by molar-refractivity contribution is 7.93. The van der Waals surface area contributed by atoms with E-state index in [0.29, 0.717) is 27.3 Å². The molecule has 0 bridgehead atoms. The Hall–Kier alpha value is -2.45. The molecule has 0 saturated carbocycles. The van der Waals surface area contributed by atoms with Gasteiger partial charge in [-0.2, -0.15) is 0 Å². The molecule has 6 nitrogen and oxygen atoms in total. The second-order valence-electron chi connectivity index (χ2n) is 5.54. The van der Waals surface area contributed by atoms with Crippen LogP contribution < -0.4 is 4.72 Å². The highest BCUT2D eigenvalue weighted by Gasteiger charge is 2.25. The summed E-state index contributed by atoms with van der Waals surface area (Å²) in [7, 11) is -3.89. The highest BCUT2D eigenvalue weighted by Crippen LogP contribution is 2.36. The lowest BCUT2D eigenvalue weighted by atomic mass is 10.0. The average molecular weight is 376 g/mol. The van der Waals surface area contributed by atoms with Crippen LogP contribution in [0.2, 0.25) is 0 Å². The minimum Gasteiger partial charge on any atom is -0.337 e. The number of Topliss-reactive ketones (excluding diaryl/α,β-unsaturated/α-hetero) is 1. The van der Waals surface area contributed by atoms with E-state index in [1.165, 1.54) is 24.3 Å². The molecule has 25 heavy (non-hydrogen) atoms. The van der Waals surface area contributed by atoms with E-state index >= 15 is 0 Å². The summed E-state index contributed by atoms with van der Waals surface area (Å²) in [6, 6.07) is 8.46. The number of aryl methyl sites for hydroxylation is 1. The first-order valence-electron chi connectivity index (χ1n) is 7.45. The van der Waals surface area contributed by atoms with Crippen LogP contribution in [-0.4, -0.2) is 19.4 Å². The molecule has 130 valence electrons. The van der Waals surface area contributed by atoms with Gasteiger partial charge in [-0.05, 0) is 32.2 Å². The number of sulfonamides is 1. The molecule has 0 aliphatic rings. The number of benzene rings is 1. The Balaban J connectivity index is 2.08. The largest absolute Gasteiger partial charge is 0.337 e. The van der Waals surface area contributed by atoms with Crippen molar-refractivity contribution >= 4 is 33.0 Å². The minimum absolute atomic E-state index is 0.0921. The molecule has 0 saturated heterocycles. The standard InChI is InChI=1S/C17H16N2O4S2/c1-10-11(2)18-23-17(10)19-25(21,22)15-8-9-24-16(15)14-7-5-4-6-13(14)12(3)20/h4-9,19H,1-3H3. The van der Waals surface area contributed by atoms with Crippen molar-refractivity contribution < 1.29 is 17.7 Å². The molecule has 0 aliphatic carbocycles. The van der Waals surface area contributed by atoms with E-state index in [4.69, 9.17) is 4.52 Å². The van der Waals surface area contributed by atoms with Crippen molar-refractivity contribution in [1.82, 2.24) is 5.16 Å². The van der Waals surface area contributed by atoms with E-state index in [9.17, 15) is 13.2 Å². The zero-order valence-electron chi connectivity index (χ0n) is 13.9. The topological polar surface area (TPSA) is 89.3 Å². The van der Waals surface area contributed by atoms with Gasteiger partial charge in [0.1, 0.15) is 4.90 Å². The highest BCUT2D eigenvalue weighted by atomic mass is 32.2. The number of carbonyl (C=O) groups excluding carboxylic acids is 1. The SMILES string of the molecule is CC(=O)c1ccccc1-c1sccc1S(=O)(=O)Nc1onc(C)c1C. The molecule has 0 aliphatic heterocycles. The van der Waals surface area contributed by atoms with Crippen LogP contribution >= 0.6 is 11.3 Å². The molecule has 3 aromatic rings. The van der Waals surface area contributed by atoms with Gasteiger partial charge < -0.3 is 4.52 Å². The monoisotopic (exact) mass is 376 g/mol. The van der Waals surface area contributed by atoms with E-state index < -0.39 is 10.0 Å². The fraction of sp³-hybridized carbons (Fsp3) is 0.176. The number of hydrogen-bond acceptors (Lipinski definition) is 6. The van der Waals surface area contributed by atoms with Crippen LogP contribution in [0.5, 0.6) is 0 Å². The molecule has 2 heterocycles. The minimum atomic E-state index is -3.89. The maximum absolute atomic E-state index is 12.8. The number of carbonyl (C=O) groups is 1. The summed E-state index contributed by atoms with van der Waals surface area (Å²) in [6.07, 6.45) is 0.